The molecule has 0 saturated carbocycles. The van der Waals surface area contributed by atoms with Gasteiger partial charge < -0.3 is 14.6 Å². The summed E-state index contributed by atoms with van der Waals surface area (Å²) < 4.78 is 34.7. The molecule has 1 N–H and O–H groups in total. The first-order valence-electron chi connectivity index (χ1n) is 10.5. The van der Waals surface area contributed by atoms with Crippen molar-refractivity contribution in [1.82, 2.24) is 19.2 Å². The molecule has 0 aliphatic carbocycles. The van der Waals surface area contributed by atoms with E-state index >= 15 is 0 Å². The minimum absolute atomic E-state index is 0.0782. The van der Waals surface area contributed by atoms with Gasteiger partial charge in [0, 0.05) is 32.9 Å². The standard InChI is InChI=1S/C22H28N4O4S/c1-25-15-20(24-17-25)31(28,29)26-12-10-22(11-13-26)9-5-2-6-14-30-19-8-4-3-7-18(19)21(27)23-16-22/h2-5,7-8,15,17H,6,9-14,16H2,1H3,(H,23,27)/b5-2+. The highest BCUT2D eigenvalue weighted by atomic mass is 32.2. The van der Waals surface area contributed by atoms with Gasteiger partial charge in [-0.2, -0.15) is 4.31 Å². The number of ether oxygens (including phenoxy) is 1. The molecule has 4 rings (SSSR count). The topological polar surface area (TPSA) is 93.5 Å². The number of nitrogens with one attached hydrogen (secondary N) is 1. The van der Waals surface area contributed by atoms with E-state index in [1.807, 2.05) is 12.1 Å². The van der Waals surface area contributed by atoms with E-state index in [0.29, 0.717) is 50.4 Å². The number of piperidine rings is 1. The van der Waals surface area contributed by atoms with Gasteiger partial charge in [0.05, 0.1) is 18.5 Å². The predicted molar refractivity (Wildman–Crippen MR) is 116 cm³/mol. The van der Waals surface area contributed by atoms with Crippen LogP contribution in [-0.2, 0) is 17.1 Å². The molecular weight excluding hydrogens is 416 g/mol. The molecule has 1 saturated heterocycles. The number of fused-ring (bicyclic) bond motifs is 1. The predicted octanol–water partition coefficient (Wildman–Crippen LogP) is 2.35. The smallest absolute Gasteiger partial charge is 0.262 e. The highest BCUT2D eigenvalue weighted by Crippen LogP contribution is 2.37. The van der Waals surface area contributed by atoms with Crippen molar-refractivity contribution in [3.63, 3.8) is 0 Å². The minimum atomic E-state index is -3.61. The molecule has 31 heavy (non-hydrogen) atoms. The summed E-state index contributed by atoms with van der Waals surface area (Å²) >= 11 is 0. The van der Waals surface area contributed by atoms with Crippen LogP contribution in [0.5, 0.6) is 5.75 Å². The molecule has 1 amide bonds. The van der Waals surface area contributed by atoms with Crippen LogP contribution in [0.15, 0.2) is 54.0 Å². The van der Waals surface area contributed by atoms with Gasteiger partial charge in [0.25, 0.3) is 15.9 Å². The maximum Gasteiger partial charge on any atom is 0.262 e. The quantitative estimate of drug-likeness (QED) is 0.718. The Bertz CT molecular complexity index is 1070. The average Bonchev–Trinajstić information content (AvgIpc) is 3.22. The van der Waals surface area contributed by atoms with Gasteiger partial charge in [-0.25, -0.2) is 13.4 Å². The Kier molecular flexibility index (Phi) is 6.15. The van der Waals surface area contributed by atoms with E-state index in [4.69, 9.17) is 4.74 Å². The van der Waals surface area contributed by atoms with Gasteiger partial charge >= 0.3 is 0 Å². The number of sulfonamides is 1. The van der Waals surface area contributed by atoms with Gasteiger partial charge in [-0.15, -0.1) is 0 Å². The highest BCUT2D eigenvalue weighted by Gasteiger charge is 2.39. The van der Waals surface area contributed by atoms with Crippen LogP contribution in [0.25, 0.3) is 0 Å². The molecule has 1 spiro atoms. The lowest BCUT2D eigenvalue weighted by atomic mass is 9.76. The van der Waals surface area contributed by atoms with Gasteiger partial charge in [0.1, 0.15) is 5.75 Å². The maximum atomic E-state index is 12.9. The van der Waals surface area contributed by atoms with Crippen molar-refractivity contribution in [2.24, 2.45) is 12.5 Å². The Labute approximate surface area is 183 Å². The van der Waals surface area contributed by atoms with E-state index in [9.17, 15) is 13.2 Å². The monoisotopic (exact) mass is 444 g/mol. The lowest BCUT2D eigenvalue weighted by Crippen LogP contribution is -2.47. The number of aromatic nitrogens is 2. The third-order valence-corrected chi connectivity index (χ3v) is 7.87. The van der Waals surface area contributed by atoms with Gasteiger partial charge in [0.2, 0.25) is 0 Å². The molecule has 0 radical (unpaired) electrons. The summed E-state index contributed by atoms with van der Waals surface area (Å²) in [5.74, 6) is 0.419. The first-order chi connectivity index (χ1) is 14.9. The van der Waals surface area contributed by atoms with Gasteiger partial charge in [-0.1, -0.05) is 24.3 Å². The molecule has 8 nitrogen and oxygen atoms in total. The number of nitrogens with zero attached hydrogens (tertiary/aromatic N) is 3. The maximum absolute atomic E-state index is 12.9. The first-order valence-corrected chi connectivity index (χ1v) is 12.0. The Morgan fingerprint density at radius 2 is 1.94 bits per heavy atom. The molecule has 0 unspecified atom stereocenters. The fourth-order valence-corrected chi connectivity index (χ4v) is 5.55. The number of para-hydroxylation sites is 1. The average molecular weight is 445 g/mol. The number of hydrogen-bond donors (Lipinski definition) is 1. The van der Waals surface area contributed by atoms with Crippen molar-refractivity contribution >= 4 is 15.9 Å². The molecule has 3 heterocycles. The second-order valence-electron chi connectivity index (χ2n) is 8.27. The molecule has 0 bridgehead atoms. The van der Waals surface area contributed by atoms with Crippen molar-refractivity contribution in [2.45, 2.75) is 30.7 Å². The molecule has 1 aromatic heterocycles. The minimum Gasteiger partial charge on any atom is -0.492 e. The summed E-state index contributed by atoms with van der Waals surface area (Å²) in [5.41, 5.74) is 0.342. The summed E-state index contributed by atoms with van der Waals surface area (Å²) in [6, 6.07) is 7.25. The van der Waals surface area contributed by atoms with Crippen molar-refractivity contribution in [3.8, 4) is 5.75 Å². The lowest BCUT2D eigenvalue weighted by molar-refractivity contribution is 0.0891. The van der Waals surface area contributed by atoms with Gasteiger partial charge in [0.15, 0.2) is 5.03 Å². The number of benzene rings is 1. The molecule has 2 aliphatic heterocycles. The van der Waals surface area contributed by atoms with Crippen LogP contribution in [-0.4, -0.2) is 54.4 Å². The summed E-state index contributed by atoms with van der Waals surface area (Å²) in [6.07, 6.45) is 10.1. The van der Waals surface area contributed by atoms with Gasteiger partial charge in [-0.3, -0.25) is 4.79 Å². The summed E-state index contributed by atoms with van der Waals surface area (Å²) in [7, 11) is -1.86. The number of imidazole rings is 1. The number of hydrogen-bond acceptors (Lipinski definition) is 5. The van der Waals surface area contributed by atoms with Crippen LogP contribution in [0.4, 0.5) is 0 Å². The number of carbonyl (C=O) groups excluding carboxylic acids is 1. The van der Waals surface area contributed by atoms with E-state index in [0.717, 1.165) is 12.8 Å². The zero-order valence-corrected chi connectivity index (χ0v) is 18.5. The van der Waals surface area contributed by atoms with E-state index < -0.39 is 10.0 Å². The second kappa shape index (κ2) is 8.84. The van der Waals surface area contributed by atoms with E-state index in [1.54, 1.807) is 23.7 Å². The van der Waals surface area contributed by atoms with Crippen LogP contribution in [0.2, 0.25) is 0 Å². The molecule has 166 valence electrons. The third kappa shape index (κ3) is 4.67. The zero-order chi connectivity index (χ0) is 21.9. The fraction of sp³-hybridized carbons (Fsp3) is 0.455. The second-order valence-corrected chi connectivity index (χ2v) is 10.2. The molecule has 9 heteroatoms. The van der Waals surface area contributed by atoms with Crippen molar-refractivity contribution in [3.05, 3.63) is 54.5 Å². The molecule has 1 aromatic carbocycles. The molecular formula is C22H28N4O4S. The zero-order valence-electron chi connectivity index (χ0n) is 17.7. The number of allylic oxidation sites excluding steroid dienone is 1. The molecule has 2 aromatic rings. The fourth-order valence-electron chi connectivity index (χ4n) is 4.14. The van der Waals surface area contributed by atoms with Crippen LogP contribution < -0.4 is 10.1 Å². The summed E-state index contributed by atoms with van der Waals surface area (Å²) in [6.45, 7) is 1.80. The molecule has 2 aliphatic rings. The number of amides is 1. The number of carbonyl (C=O) groups is 1. The van der Waals surface area contributed by atoms with Crippen LogP contribution in [0, 0.1) is 5.41 Å². The van der Waals surface area contributed by atoms with E-state index in [-0.39, 0.29) is 16.3 Å². The third-order valence-electron chi connectivity index (χ3n) is 6.08. The Morgan fingerprint density at radius 1 is 1.16 bits per heavy atom. The van der Waals surface area contributed by atoms with Crippen molar-refractivity contribution in [1.29, 1.82) is 0 Å². The largest absolute Gasteiger partial charge is 0.492 e. The van der Waals surface area contributed by atoms with Crippen LogP contribution in [0.3, 0.4) is 0 Å². The van der Waals surface area contributed by atoms with Crippen LogP contribution >= 0.6 is 0 Å². The van der Waals surface area contributed by atoms with E-state index in [1.165, 1.54) is 16.8 Å². The molecule has 1 fully saturated rings. The van der Waals surface area contributed by atoms with Crippen molar-refractivity contribution in [2.75, 3.05) is 26.2 Å². The summed E-state index contributed by atoms with van der Waals surface area (Å²) in [5, 5.41) is 3.15. The molecule has 0 atom stereocenters. The van der Waals surface area contributed by atoms with E-state index in [2.05, 4.69) is 22.5 Å². The Hall–Kier alpha value is -2.65. The number of aryl methyl sites for hydroxylation is 1. The van der Waals surface area contributed by atoms with Gasteiger partial charge in [-0.05, 0) is 43.2 Å². The first kappa shape index (κ1) is 21.6. The number of rotatable bonds is 2. The normalized spacial score (nSPS) is 21.3. The highest BCUT2D eigenvalue weighted by molar-refractivity contribution is 7.89. The van der Waals surface area contributed by atoms with Crippen LogP contribution in [0.1, 0.15) is 36.0 Å². The Balaban J connectivity index is 1.50. The Morgan fingerprint density at radius 3 is 2.68 bits per heavy atom. The SMILES string of the molecule is Cn1cnc(S(=O)(=O)N2CCC3(C/C=C/CCOc4ccccc4C(=O)NC3)CC2)c1. The lowest BCUT2D eigenvalue weighted by Gasteiger charge is -2.41. The summed E-state index contributed by atoms with van der Waals surface area (Å²) in [4.78, 5) is 16.9. The van der Waals surface area contributed by atoms with Crippen molar-refractivity contribution < 1.29 is 17.9 Å².